The average molecular weight is 207 g/mol. The first kappa shape index (κ1) is 11.4. The molecule has 0 aliphatic rings. The molecule has 0 spiro atoms. The molecule has 0 aliphatic carbocycles. The Morgan fingerprint density at radius 3 is 2.40 bits per heavy atom. The maximum atomic E-state index is 11.4. The zero-order valence-electron chi connectivity index (χ0n) is 9.61. The molecule has 1 rings (SSSR count). The number of carbonyl (C=O) groups excluding carboxylic acids is 1. The molecule has 0 saturated carbocycles. The van der Waals surface area contributed by atoms with E-state index in [1.807, 2.05) is 43.3 Å². The van der Waals surface area contributed by atoms with Crippen LogP contribution in [0.25, 0.3) is 0 Å². The zero-order chi connectivity index (χ0) is 11.4. The Labute approximate surface area is 90.5 Å². The Hall–Kier alpha value is -1.71. The van der Waals surface area contributed by atoms with Crippen molar-refractivity contribution in [2.45, 2.75) is 0 Å². The summed E-state index contributed by atoms with van der Waals surface area (Å²) < 4.78 is 0. The van der Waals surface area contributed by atoms with Gasteiger partial charge >= 0.3 is 6.03 Å². The van der Waals surface area contributed by atoms with Crippen LogP contribution in [0.15, 0.2) is 24.3 Å². The van der Waals surface area contributed by atoms with Gasteiger partial charge in [0.05, 0.1) is 0 Å². The second kappa shape index (κ2) is 4.68. The van der Waals surface area contributed by atoms with Crippen LogP contribution in [0.2, 0.25) is 0 Å². The molecule has 0 radical (unpaired) electrons. The molecular formula is C11H17N3O. The smallest absolute Gasteiger partial charge is 0.321 e. The SMILES string of the molecule is CN(C)C(=O)Nc1cccc(N(C)C)c1. The molecule has 1 aromatic carbocycles. The van der Waals surface area contributed by atoms with Gasteiger partial charge in [0.2, 0.25) is 0 Å². The van der Waals surface area contributed by atoms with Gasteiger partial charge in [0, 0.05) is 39.6 Å². The lowest BCUT2D eigenvalue weighted by molar-refractivity contribution is 0.230. The normalized spacial score (nSPS) is 9.60. The van der Waals surface area contributed by atoms with Crippen LogP contribution in [0.4, 0.5) is 16.2 Å². The Morgan fingerprint density at radius 2 is 1.87 bits per heavy atom. The first-order chi connectivity index (χ1) is 7.00. The molecule has 1 aromatic rings. The number of benzene rings is 1. The van der Waals surface area contributed by atoms with Crippen molar-refractivity contribution >= 4 is 17.4 Å². The summed E-state index contributed by atoms with van der Waals surface area (Å²) >= 11 is 0. The highest BCUT2D eigenvalue weighted by molar-refractivity contribution is 5.89. The fourth-order valence-corrected chi connectivity index (χ4v) is 1.10. The molecule has 4 heteroatoms. The summed E-state index contributed by atoms with van der Waals surface area (Å²) in [6.45, 7) is 0. The molecule has 0 unspecified atom stereocenters. The molecule has 0 saturated heterocycles. The predicted octanol–water partition coefficient (Wildman–Crippen LogP) is 1.85. The van der Waals surface area contributed by atoms with Crippen LogP contribution in [0, 0.1) is 0 Å². The van der Waals surface area contributed by atoms with Gasteiger partial charge in [-0.25, -0.2) is 4.79 Å². The minimum Gasteiger partial charge on any atom is -0.378 e. The van der Waals surface area contributed by atoms with Crippen LogP contribution in [-0.2, 0) is 0 Å². The van der Waals surface area contributed by atoms with Crippen LogP contribution in [0.3, 0.4) is 0 Å². The van der Waals surface area contributed by atoms with Crippen LogP contribution in [0.5, 0.6) is 0 Å². The van der Waals surface area contributed by atoms with Crippen molar-refractivity contribution in [1.29, 1.82) is 0 Å². The van der Waals surface area contributed by atoms with Gasteiger partial charge < -0.3 is 15.1 Å². The number of urea groups is 1. The van der Waals surface area contributed by atoms with E-state index in [1.165, 1.54) is 4.90 Å². The summed E-state index contributed by atoms with van der Waals surface area (Å²) in [6, 6.07) is 7.59. The van der Waals surface area contributed by atoms with E-state index in [0.717, 1.165) is 11.4 Å². The zero-order valence-corrected chi connectivity index (χ0v) is 9.61. The number of amides is 2. The fourth-order valence-electron chi connectivity index (χ4n) is 1.10. The molecule has 0 atom stereocenters. The molecule has 15 heavy (non-hydrogen) atoms. The van der Waals surface area contributed by atoms with Crippen molar-refractivity contribution in [3.8, 4) is 0 Å². The van der Waals surface area contributed by atoms with Crippen molar-refractivity contribution < 1.29 is 4.79 Å². The van der Waals surface area contributed by atoms with Gasteiger partial charge in [0.25, 0.3) is 0 Å². The summed E-state index contributed by atoms with van der Waals surface area (Å²) in [5.41, 5.74) is 1.87. The van der Waals surface area contributed by atoms with Gasteiger partial charge in [-0.3, -0.25) is 0 Å². The largest absolute Gasteiger partial charge is 0.378 e. The minimum atomic E-state index is -0.120. The van der Waals surface area contributed by atoms with Crippen molar-refractivity contribution in [2.24, 2.45) is 0 Å². The number of hydrogen-bond acceptors (Lipinski definition) is 2. The van der Waals surface area contributed by atoms with Gasteiger partial charge in [-0.2, -0.15) is 0 Å². The van der Waals surface area contributed by atoms with Gasteiger partial charge in [-0.05, 0) is 18.2 Å². The van der Waals surface area contributed by atoms with E-state index in [4.69, 9.17) is 0 Å². The topological polar surface area (TPSA) is 35.6 Å². The Kier molecular flexibility index (Phi) is 3.55. The molecule has 1 N–H and O–H groups in total. The number of nitrogens with one attached hydrogen (secondary N) is 1. The third kappa shape index (κ3) is 3.16. The Balaban J connectivity index is 2.78. The maximum Gasteiger partial charge on any atom is 0.321 e. The van der Waals surface area contributed by atoms with E-state index in [2.05, 4.69) is 5.32 Å². The second-order valence-corrected chi connectivity index (χ2v) is 3.77. The van der Waals surface area contributed by atoms with Gasteiger partial charge in [0.1, 0.15) is 0 Å². The molecular weight excluding hydrogens is 190 g/mol. The molecule has 0 bridgehead atoms. The minimum absolute atomic E-state index is 0.120. The highest BCUT2D eigenvalue weighted by Gasteiger charge is 2.04. The Bertz CT molecular complexity index is 347. The quantitative estimate of drug-likeness (QED) is 0.803. The Morgan fingerprint density at radius 1 is 1.20 bits per heavy atom. The number of anilines is 2. The first-order valence-electron chi connectivity index (χ1n) is 4.76. The van der Waals surface area contributed by atoms with E-state index < -0.39 is 0 Å². The second-order valence-electron chi connectivity index (χ2n) is 3.77. The summed E-state index contributed by atoms with van der Waals surface area (Å²) in [7, 11) is 7.36. The van der Waals surface area contributed by atoms with Crippen molar-refractivity contribution in [3.05, 3.63) is 24.3 Å². The van der Waals surface area contributed by atoms with Gasteiger partial charge in [-0.15, -0.1) is 0 Å². The average Bonchev–Trinajstić information content (AvgIpc) is 2.18. The number of hydrogen-bond donors (Lipinski definition) is 1. The van der Waals surface area contributed by atoms with Crippen molar-refractivity contribution in [2.75, 3.05) is 38.4 Å². The van der Waals surface area contributed by atoms with Gasteiger partial charge in [0.15, 0.2) is 0 Å². The maximum absolute atomic E-state index is 11.4. The lowest BCUT2D eigenvalue weighted by Gasteiger charge is -2.15. The standard InChI is InChI=1S/C11H17N3O/c1-13(2)10-7-5-6-9(8-10)12-11(15)14(3)4/h5-8H,1-4H3,(H,12,15). The van der Waals surface area contributed by atoms with Crippen LogP contribution in [0.1, 0.15) is 0 Å². The highest BCUT2D eigenvalue weighted by Crippen LogP contribution is 2.17. The summed E-state index contributed by atoms with van der Waals surface area (Å²) in [4.78, 5) is 14.9. The molecule has 0 fully saturated rings. The summed E-state index contributed by atoms with van der Waals surface area (Å²) in [6.07, 6.45) is 0. The lowest BCUT2D eigenvalue weighted by Crippen LogP contribution is -2.27. The fraction of sp³-hybridized carbons (Fsp3) is 0.364. The van der Waals surface area contributed by atoms with E-state index in [-0.39, 0.29) is 6.03 Å². The summed E-state index contributed by atoms with van der Waals surface area (Å²) in [5.74, 6) is 0. The number of rotatable bonds is 2. The first-order valence-corrected chi connectivity index (χ1v) is 4.76. The van der Waals surface area contributed by atoms with E-state index in [9.17, 15) is 4.79 Å². The predicted molar refractivity (Wildman–Crippen MR) is 63.5 cm³/mol. The molecule has 0 aromatic heterocycles. The van der Waals surface area contributed by atoms with Crippen molar-refractivity contribution in [1.82, 2.24) is 4.90 Å². The van der Waals surface area contributed by atoms with Crippen LogP contribution >= 0.6 is 0 Å². The molecule has 2 amide bonds. The van der Waals surface area contributed by atoms with Gasteiger partial charge in [-0.1, -0.05) is 6.07 Å². The molecule has 0 aliphatic heterocycles. The summed E-state index contributed by atoms with van der Waals surface area (Å²) in [5, 5.41) is 2.80. The third-order valence-corrected chi connectivity index (χ3v) is 2.02. The number of carbonyl (C=O) groups is 1. The van der Waals surface area contributed by atoms with Crippen molar-refractivity contribution in [3.63, 3.8) is 0 Å². The van der Waals surface area contributed by atoms with E-state index in [1.54, 1.807) is 14.1 Å². The third-order valence-electron chi connectivity index (χ3n) is 2.02. The lowest BCUT2D eigenvalue weighted by atomic mass is 10.2. The highest BCUT2D eigenvalue weighted by atomic mass is 16.2. The monoisotopic (exact) mass is 207 g/mol. The van der Waals surface area contributed by atoms with Crippen LogP contribution < -0.4 is 10.2 Å². The molecule has 4 nitrogen and oxygen atoms in total. The molecule has 0 heterocycles. The van der Waals surface area contributed by atoms with Crippen LogP contribution in [-0.4, -0.2) is 39.1 Å². The van der Waals surface area contributed by atoms with E-state index in [0.29, 0.717) is 0 Å². The number of nitrogens with zero attached hydrogens (tertiary/aromatic N) is 2. The van der Waals surface area contributed by atoms with E-state index >= 15 is 0 Å². The molecule has 82 valence electrons.